The van der Waals surface area contributed by atoms with E-state index in [2.05, 4.69) is 15.5 Å². The Morgan fingerprint density at radius 2 is 1.93 bits per heavy atom. The van der Waals surface area contributed by atoms with Gasteiger partial charge in [0.05, 0.1) is 25.0 Å². The first-order chi connectivity index (χ1) is 13.7. The second-order valence-electron chi connectivity index (χ2n) is 7.30. The van der Waals surface area contributed by atoms with Crippen LogP contribution in [0.3, 0.4) is 0 Å². The van der Waals surface area contributed by atoms with Crippen LogP contribution in [0, 0.1) is 6.92 Å². The number of furan rings is 1. The molecule has 0 saturated carbocycles. The molecule has 28 heavy (non-hydrogen) atoms. The Kier molecular flexibility index (Phi) is 7.51. The summed E-state index contributed by atoms with van der Waals surface area (Å²) in [5.41, 5.74) is 2.09. The number of hydrogen-bond acceptors (Lipinski definition) is 4. The lowest BCUT2D eigenvalue weighted by Gasteiger charge is -2.25. The molecule has 0 aliphatic carbocycles. The Bertz CT molecular complexity index is 722. The Morgan fingerprint density at radius 1 is 1.18 bits per heavy atom. The molecule has 152 valence electrons. The molecule has 0 bridgehead atoms. The molecule has 1 aliphatic heterocycles. The predicted octanol–water partition coefficient (Wildman–Crippen LogP) is 3.01. The molecule has 2 heterocycles. The first-order valence-electron chi connectivity index (χ1n) is 10.2. The molecule has 1 saturated heterocycles. The van der Waals surface area contributed by atoms with Gasteiger partial charge in [-0.1, -0.05) is 29.8 Å². The maximum atomic E-state index is 10.5. The highest BCUT2D eigenvalue weighted by Gasteiger charge is 2.25. The first kappa shape index (κ1) is 20.4. The van der Waals surface area contributed by atoms with E-state index in [0.29, 0.717) is 19.0 Å². The minimum atomic E-state index is -0.580. The van der Waals surface area contributed by atoms with E-state index >= 15 is 0 Å². The summed E-state index contributed by atoms with van der Waals surface area (Å²) in [6.45, 7) is 8.03. The summed E-state index contributed by atoms with van der Waals surface area (Å²) in [6.07, 6.45) is 3.59. The topological polar surface area (TPSA) is 73.0 Å². The number of rotatable bonds is 8. The number of benzene rings is 1. The number of nitrogens with zero attached hydrogens (tertiary/aromatic N) is 2. The second-order valence-corrected chi connectivity index (χ2v) is 7.30. The number of aliphatic hydroxyl groups is 1. The quantitative estimate of drug-likeness (QED) is 0.482. The molecular formula is C22H32N4O2. The molecule has 1 aromatic carbocycles. The van der Waals surface area contributed by atoms with Gasteiger partial charge in [0.15, 0.2) is 5.96 Å². The van der Waals surface area contributed by atoms with Crippen LogP contribution in [0.2, 0.25) is 0 Å². The lowest BCUT2D eigenvalue weighted by atomic mass is 10.1. The summed E-state index contributed by atoms with van der Waals surface area (Å²) in [6, 6.07) is 12.1. The van der Waals surface area contributed by atoms with Gasteiger partial charge < -0.3 is 20.2 Å². The van der Waals surface area contributed by atoms with Crippen molar-refractivity contribution in [3.8, 4) is 0 Å². The smallest absolute Gasteiger partial charge is 0.191 e. The number of hydrogen-bond donors (Lipinski definition) is 3. The fourth-order valence-electron chi connectivity index (χ4n) is 3.54. The monoisotopic (exact) mass is 384 g/mol. The zero-order chi connectivity index (χ0) is 19.8. The molecule has 2 atom stereocenters. The number of aliphatic hydroxyl groups excluding tert-OH is 1. The molecule has 3 N–H and O–H groups in total. The van der Waals surface area contributed by atoms with Gasteiger partial charge in [-0.15, -0.1) is 0 Å². The van der Waals surface area contributed by atoms with Gasteiger partial charge >= 0.3 is 0 Å². The molecule has 1 fully saturated rings. The van der Waals surface area contributed by atoms with Crippen molar-refractivity contribution in [3.63, 3.8) is 0 Å². The molecule has 0 amide bonds. The third-order valence-corrected chi connectivity index (χ3v) is 5.14. The van der Waals surface area contributed by atoms with Crippen LogP contribution in [0.5, 0.6) is 0 Å². The van der Waals surface area contributed by atoms with E-state index in [9.17, 15) is 5.11 Å². The van der Waals surface area contributed by atoms with Crippen LogP contribution in [0.15, 0.2) is 52.1 Å². The Labute approximate surface area is 167 Å². The number of nitrogens with one attached hydrogen (secondary N) is 2. The standard InChI is InChI=1S/C22H32N4O2/c1-3-23-22(25-16-20(27)18-10-8-17(2)9-11-18)24-15-19(21-7-6-14-28-21)26-12-4-5-13-26/h6-11,14,19-20,27H,3-5,12-13,15-16H2,1-2H3,(H2,23,24,25). The first-order valence-corrected chi connectivity index (χ1v) is 10.2. The summed E-state index contributed by atoms with van der Waals surface area (Å²) in [4.78, 5) is 7.21. The highest BCUT2D eigenvalue weighted by atomic mass is 16.3. The van der Waals surface area contributed by atoms with Gasteiger partial charge in [-0.05, 0) is 57.5 Å². The van der Waals surface area contributed by atoms with E-state index in [1.54, 1.807) is 6.26 Å². The summed E-state index contributed by atoms with van der Waals surface area (Å²) in [7, 11) is 0. The highest BCUT2D eigenvalue weighted by molar-refractivity contribution is 5.79. The third kappa shape index (κ3) is 5.59. The van der Waals surface area contributed by atoms with E-state index in [1.807, 2.05) is 50.2 Å². The Morgan fingerprint density at radius 3 is 2.57 bits per heavy atom. The molecule has 0 radical (unpaired) electrons. The largest absolute Gasteiger partial charge is 0.468 e. The zero-order valence-electron chi connectivity index (χ0n) is 16.9. The molecular weight excluding hydrogens is 352 g/mol. The zero-order valence-corrected chi connectivity index (χ0v) is 16.9. The van der Waals surface area contributed by atoms with Crippen molar-refractivity contribution in [2.24, 2.45) is 4.99 Å². The summed E-state index contributed by atoms with van der Waals surface area (Å²) < 4.78 is 5.67. The van der Waals surface area contributed by atoms with Gasteiger partial charge in [-0.2, -0.15) is 0 Å². The minimum absolute atomic E-state index is 0.148. The van der Waals surface area contributed by atoms with Crippen LogP contribution in [0.1, 0.15) is 48.8 Å². The highest BCUT2D eigenvalue weighted by Crippen LogP contribution is 2.25. The third-order valence-electron chi connectivity index (χ3n) is 5.14. The van der Waals surface area contributed by atoms with Gasteiger partial charge in [0.2, 0.25) is 0 Å². The van der Waals surface area contributed by atoms with Crippen LogP contribution in [0.25, 0.3) is 0 Å². The molecule has 2 aromatic rings. The molecule has 6 heteroatoms. The van der Waals surface area contributed by atoms with Gasteiger partial charge in [-0.25, -0.2) is 0 Å². The molecule has 3 rings (SSSR count). The molecule has 1 aromatic heterocycles. The Hall–Kier alpha value is -2.31. The van der Waals surface area contributed by atoms with Gasteiger partial charge in [-0.3, -0.25) is 9.89 Å². The molecule has 6 nitrogen and oxygen atoms in total. The van der Waals surface area contributed by atoms with Gasteiger partial charge in [0, 0.05) is 13.1 Å². The second kappa shape index (κ2) is 10.3. The summed E-state index contributed by atoms with van der Waals surface area (Å²) >= 11 is 0. The van der Waals surface area contributed by atoms with Crippen molar-refractivity contribution >= 4 is 5.96 Å². The Balaban J connectivity index is 1.62. The number of likely N-dealkylation sites (tertiary alicyclic amines) is 1. The van der Waals surface area contributed by atoms with E-state index in [0.717, 1.165) is 31.0 Å². The van der Waals surface area contributed by atoms with Crippen molar-refractivity contribution in [2.75, 3.05) is 32.7 Å². The van der Waals surface area contributed by atoms with Crippen molar-refractivity contribution < 1.29 is 9.52 Å². The number of aryl methyl sites for hydroxylation is 1. The number of guanidine groups is 1. The van der Waals surface area contributed by atoms with Crippen molar-refractivity contribution in [1.82, 2.24) is 15.5 Å². The summed E-state index contributed by atoms with van der Waals surface area (Å²) in [5, 5.41) is 17.0. The van der Waals surface area contributed by atoms with Gasteiger partial charge in [0.25, 0.3) is 0 Å². The van der Waals surface area contributed by atoms with Crippen LogP contribution >= 0.6 is 0 Å². The SMILES string of the molecule is CCNC(=NCC(c1ccco1)N1CCCC1)NCC(O)c1ccc(C)cc1. The maximum absolute atomic E-state index is 10.5. The summed E-state index contributed by atoms with van der Waals surface area (Å²) in [5.74, 6) is 1.67. The molecule has 2 unspecified atom stereocenters. The maximum Gasteiger partial charge on any atom is 0.191 e. The fraction of sp³-hybridized carbons (Fsp3) is 0.500. The van der Waals surface area contributed by atoms with Crippen molar-refractivity contribution in [2.45, 2.75) is 38.8 Å². The molecule has 0 spiro atoms. The predicted molar refractivity (Wildman–Crippen MR) is 112 cm³/mol. The van der Waals surface area contributed by atoms with E-state index in [-0.39, 0.29) is 6.04 Å². The van der Waals surface area contributed by atoms with E-state index in [1.165, 1.54) is 18.4 Å². The lowest BCUT2D eigenvalue weighted by Crippen LogP contribution is -2.40. The van der Waals surface area contributed by atoms with Crippen molar-refractivity contribution in [1.29, 1.82) is 0 Å². The van der Waals surface area contributed by atoms with Gasteiger partial charge in [0.1, 0.15) is 5.76 Å². The normalized spacial score (nSPS) is 17.5. The lowest BCUT2D eigenvalue weighted by molar-refractivity contribution is 0.180. The van der Waals surface area contributed by atoms with E-state index in [4.69, 9.17) is 9.41 Å². The average molecular weight is 385 g/mol. The van der Waals surface area contributed by atoms with Crippen LogP contribution in [0.4, 0.5) is 0 Å². The average Bonchev–Trinajstić information content (AvgIpc) is 3.41. The van der Waals surface area contributed by atoms with Crippen LogP contribution in [-0.2, 0) is 0 Å². The van der Waals surface area contributed by atoms with E-state index < -0.39 is 6.10 Å². The van der Waals surface area contributed by atoms with Crippen LogP contribution in [-0.4, -0.2) is 48.7 Å². The molecule has 1 aliphatic rings. The minimum Gasteiger partial charge on any atom is -0.468 e. The number of aliphatic imine (C=N–C) groups is 1. The van der Waals surface area contributed by atoms with Crippen molar-refractivity contribution in [3.05, 3.63) is 59.5 Å². The van der Waals surface area contributed by atoms with Crippen LogP contribution < -0.4 is 10.6 Å². The fourth-order valence-corrected chi connectivity index (χ4v) is 3.54.